The van der Waals surface area contributed by atoms with Crippen molar-refractivity contribution >= 4 is 5.91 Å². The van der Waals surface area contributed by atoms with E-state index in [0.29, 0.717) is 17.4 Å². The van der Waals surface area contributed by atoms with Gasteiger partial charge in [0, 0.05) is 25.7 Å². The summed E-state index contributed by atoms with van der Waals surface area (Å²) in [6, 6.07) is 12.8. The molecule has 2 atom stereocenters. The van der Waals surface area contributed by atoms with E-state index in [0.717, 1.165) is 45.7 Å². The van der Waals surface area contributed by atoms with Gasteiger partial charge in [-0.05, 0) is 31.4 Å². The van der Waals surface area contributed by atoms with Crippen LogP contribution >= 0.6 is 0 Å². The predicted octanol–water partition coefficient (Wildman–Crippen LogP) is 2.75. The van der Waals surface area contributed by atoms with Crippen LogP contribution in [-0.4, -0.2) is 60.6 Å². The zero-order valence-corrected chi connectivity index (χ0v) is 15.3. The van der Waals surface area contributed by atoms with Crippen molar-refractivity contribution in [2.24, 2.45) is 0 Å². The summed E-state index contributed by atoms with van der Waals surface area (Å²) in [5.41, 5.74) is 1.96. The lowest BCUT2D eigenvalue weighted by atomic mass is 9.98. The van der Waals surface area contributed by atoms with E-state index in [4.69, 9.17) is 9.15 Å². The highest BCUT2D eigenvalue weighted by atomic mass is 16.5. The second-order valence-electron chi connectivity index (χ2n) is 7.15. The fourth-order valence-electron chi connectivity index (χ4n) is 4.29. The Bertz CT molecular complexity index is 737. The minimum absolute atomic E-state index is 0.0907. The molecule has 26 heavy (non-hydrogen) atoms. The number of hydrogen-bond acceptors (Lipinski definition) is 4. The lowest BCUT2D eigenvalue weighted by Crippen LogP contribution is -2.51. The number of carbonyl (C=O) groups excluding carboxylic acids is 1. The van der Waals surface area contributed by atoms with Gasteiger partial charge in [0.05, 0.1) is 31.1 Å². The summed E-state index contributed by atoms with van der Waals surface area (Å²) >= 11 is 0. The van der Waals surface area contributed by atoms with Gasteiger partial charge in [-0.3, -0.25) is 9.69 Å². The molecule has 0 saturated carbocycles. The zero-order valence-electron chi connectivity index (χ0n) is 15.3. The van der Waals surface area contributed by atoms with Gasteiger partial charge in [0.25, 0.3) is 5.91 Å². The molecule has 0 bridgehead atoms. The smallest absolute Gasteiger partial charge is 0.257 e. The third kappa shape index (κ3) is 3.41. The van der Waals surface area contributed by atoms with E-state index in [9.17, 15) is 4.79 Å². The summed E-state index contributed by atoms with van der Waals surface area (Å²) in [5.74, 6) is 0.788. The van der Waals surface area contributed by atoms with Gasteiger partial charge < -0.3 is 14.1 Å². The van der Waals surface area contributed by atoms with Gasteiger partial charge >= 0.3 is 0 Å². The Balaban J connectivity index is 1.59. The molecule has 5 nitrogen and oxygen atoms in total. The van der Waals surface area contributed by atoms with Crippen LogP contribution in [0.15, 0.2) is 47.1 Å². The van der Waals surface area contributed by atoms with Crippen LogP contribution in [-0.2, 0) is 11.2 Å². The topological polar surface area (TPSA) is 45.9 Å². The molecule has 2 fully saturated rings. The maximum absolute atomic E-state index is 13.2. The predicted molar refractivity (Wildman–Crippen MR) is 99.2 cm³/mol. The Kier molecular flexibility index (Phi) is 5.09. The van der Waals surface area contributed by atoms with E-state index in [-0.39, 0.29) is 11.9 Å². The average Bonchev–Trinajstić information content (AvgIpc) is 3.29. The second-order valence-corrected chi connectivity index (χ2v) is 7.15. The van der Waals surface area contributed by atoms with E-state index < -0.39 is 0 Å². The van der Waals surface area contributed by atoms with Gasteiger partial charge in [0.1, 0.15) is 5.76 Å². The Hall–Kier alpha value is -2.11. The molecular formula is C21H26N2O3. The molecule has 138 valence electrons. The molecule has 0 N–H and O–H groups in total. The van der Waals surface area contributed by atoms with Gasteiger partial charge in [0.2, 0.25) is 0 Å². The van der Waals surface area contributed by atoms with Crippen molar-refractivity contribution in [1.29, 1.82) is 0 Å². The van der Waals surface area contributed by atoms with Crippen molar-refractivity contribution in [3.05, 3.63) is 59.5 Å². The van der Waals surface area contributed by atoms with Crippen LogP contribution in [0.5, 0.6) is 0 Å². The molecule has 0 aliphatic carbocycles. The number of furan rings is 1. The van der Waals surface area contributed by atoms with Crippen LogP contribution in [0.3, 0.4) is 0 Å². The van der Waals surface area contributed by atoms with Crippen molar-refractivity contribution in [3.8, 4) is 0 Å². The standard InChI is InChI=1S/C21H26N2O3/c1-16-18(8-12-26-16)21(24)23-9-7-19(22-10-13-25-14-11-22)20(23)15-17-5-3-2-4-6-17/h2-6,8,12,19-20H,7,9-11,13-15H2,1H3/t19-,20-/m1/s1. The van der Waals surface area contributed by atoms with E-state index in [1.807, 2.05) is 13.0 Å². The SMILES string of the molecule is Cc1occc1C(=O)N1CC[C@@H](N2CCOCC2)[C@H]1Cc1ccccc1. The third-order valence-corrected chi connectivity index (χ3v) is 5.66. The first-order valence-electron chi connectivity index (χ1n) is 9.45. The summed E-state index contributed by atoms with van der Waals surface area (Å²) in [6.45, 7) is 6.11. The highest BCUT2D eigenvalue weighted by Gasteiger charge is 2.41. The Morgan fingerprint density at radius 1 is 1.12 bits per heavy atom. The van der Waals surface area contributed by atoms with Crippen molar-refractivity contribution in [2.75, 3.05) is 32.8 Å². The molecular weight excluding hydrogens is 328 g/mol. The van der Waals surface area contributed by atoms with Gasteiger partial charge in [-0.15, -0.1) is 0 Å². The largest absolute Gasteiger partial charge is 0.469 e. The normalized spacial score (nSPS) is 24.1. The van der Waals surface area contributed by atoms with E-state index in [1.165, 1.54) is 5.56 Å². The van der Waals surface area contributed by atoms with Crippen LogP contribution in [0.4, 0.5) is 0 Å². The summed E-state index contributed by atoms with van der Waals surface area (Å²) < 4.78 is 10.9. The number of nitrogens with zero attached hydrogens (tertiary/aromatic N) is 2. The first-order chi connectivity index (χ1) is 12.7. The lowest BCUT2D eigenvalue weighted by molar-refractivity contribution is 0.00863. The number of hydrogen-bond donors (Lipinski definition) is 0. The van der Waals surface area contributed by atoms with E-state index in [1.54, 1.807) is 12.3 Å². The molecule has 4 rings (SSSR count). The summed E-state index contributed by atoms with van der Waals surface area (Å²) in [4.78, 5) is 17.7. The molecule has 2 aromatic rings. The summed E-state index contributed by atoms with van der Waals surface area (Å²) in [7, 11) is 0. The highest BCUT2D eigenvalue weighted by molar-refractivity contribution is 5.95. The van der Waals surface area contributed by atoms with Gasteiger partial charge in [0.15, 0.2) is 0 Å². The van der Waals surface area contributed by atoms with Gasteiger partial charge in [-0.1, -0.05) is 30.3 Å². The number of likely N-dealkylation sites (tertiary alicyclic amines) is 1. The number of aryl methyl sites for hydroxylation is 1. The molecule has 0 unspecified atom stereocenters. The lowest BCUT2D eigenvalue weighted by Gasteiger charge is -2.37. The number of amides is 1. The van der Waals surface area contributed by atoms with Crippen molar-refractivity contribution < 1.29 is 13.9 Å². The Morgan fingerprint density at radius 2 is 1.88 bits per heavy atom. The number of rotatable bonds is 4. The molecule has 1 aromatic carbocycles. The highest BCUT2D eigenvalue weighted by Crippen LogP contribution is 2.29. The number of benzene rings is 1. The Labute approximate surface area is 154 Å². The van der Waals surface area contributed by atoms with Crippen molar-refractivity contribution in [1.82, 2.24) is 9.80 Å². The Morgan fingerprint density at radius 3 is 2.58 bits per heavy atom. The molecule has 2 aliphatic heterocycles. The average molecular weight is 354 g/mol. The zero-order chi connectivity index (χ0) is 17.9. The van der Waals surface area contributed by atoms with Crippen LogP contribution in [0.2, 0.25) is 0 Å². The molecule has 3 heterocycles. The number of ether oxygens (including phenoxy) is 1. The number of morpholine rings is 1. The molecule has 0 spiro atoms. The molecule has 2 saturated heterocycles. The molecule has 0 radical (unpaired) electrons. The second kappa shape index (κ2) is 7.64. The van der Waals surface area contributed by atoms with Crippen molar-refractivity contribution in [2.45, 2.75) is 31.8 Å². The van der Waals surface area contributed by atoms with Crippen LogP contribution in [0, 0.1) is 6.92 Å². The summed E-state index contributed by atoms with van der Waals surface area (Å²) in [5, 5.41) is 0. The molecule has 5 heteroatoms. The van der Waals surface area contributed by atoms with E-state index >= 15 is 0 Å². The van der Waals surface area contributed by atoms with Crippen LogP contribution in [0.25, 0.3) is 0 Å². The minimum Gasteiger partial charge on any atom is -0.469 e. The first kappa shape index (κ1) is 17.3. The number of carbonyl (C=O) groups is 1. The third-order valence-electron chi connectivity index (χ3n) is 5.66. The fourth-order valence-corrected chi connectivity index (χ4v) is 4.29. The monoisotopic (exact) mass is 354 g/mol. The fraction of sp³-hybridized carbons (Fsp3) is 0.476. The van der Waals surface area contributed by atoms with E-state index in [2.05, 4.69) is 34.1 Å². The maximum Gasteiger partial charge on any atom is 0.257 e. The minimum atomic E-state index is 0.0907. The molecule has 1 aromatic heterocycles. The first-order valence-corrected chi connectivity index (χ1v) is 9.45. The van der Waals surface area contributed by atoms with Crippen LogP contribution in [0.1, 0.15) is 28.1 Å². The van der Waals surface area contributed by atoms with Gasteiger partial charge in [-0.25, -0.2) is 0 Å². The quantitative estimate of drug-likeness (QED) is 0.847. The molecule has 1 amide bonds. The van der Waals surface area contributed by atoms with Gasteiger partial charge in [-0.2, -0.15) is 0 Å². The van der Waals surface area contributed by atoms with Crippen molar-refractivity contribution in [3.63, 3.8) is 0 Å². The summed E-state index contributed by atoms with van der Waals surface area (Å²) in [6.07, 6.45) is 3.50. The van der Waals surface area contributed by atoms with Crippen LogP contribution < -0.4 is 0 Å². The maximum atomic E-state index is 13.2. The molecule has 2 aliphatic rings.